The fraction of sp³-hybridized carbons (Fsp3) is 0.650. The van der Waals surface area contributed by atoms with Gasteiger partial charge in [-0.05, 0) is 49.4 Å². The highest BCUT2D eigenvalue weighted by molar-refractivity contribution is 5.77. The van der Waals surface area contributed by atoms with Gasteiger partial charge in [0, 0.05) is 25.0 Å². The first kappa shape index (κ1) is 16.9. The highest BCUT2D eigenvalue weighted by atomic mass is 16.5. The number of nitrogens with one attached hydrogen (secondary N) is 1. The Morgan fingerprint density at radius 2 is 2.24 bits per heavy atom. The van der Waals surface area contributed by atoms with Crippen molar-refractivity contribution in [1.82, 2.24) is 10.2 Å². The zero-order valence-corrected chi connectivity index (χ0v) is 14.9. The van der Waals surface area contributed by atoms with E-state index in [1.54, 1.807) is 7.11 Å². The SMILES string of the molecule is COc1cccc(CN2CC[C@@H]3[C@@H](CO[C@@H]3CC(=O)NC3CC3)C2)c1. The molecule has 0 aromatic heterocycles. The average molecular weight is 344 g/mol. The normalized spacial score (nSPS) is 29.2. The van der Waals surface area contributed by atoms with E-state index in [1.165, 1.54) is 5.56 Å². The lowest BCUT2D eigenvalue weighted by molar-refractivity contribution is -0.123. The number of rotatable bonds is 6. The number of likely N-dealkylation sites (tertiary alicyclic amines) is 1. The van der Waals surface area contributed by atoms with Crippen molar-refractivity contribution in [2.45, 2.75) is 44.4 Å². The summed E-state index contributed by atoms with van der Waals surface area (Å²) in [5, 5.41) is 3.09. The lowest BCUT2D eigenvalue weighted by Gasteiger charge is -2.35. The van der Waals surface area contributed by atoms with Crippen LogP contribution in [-0.2, 0) is 16.1 Å². The Morgan fingerprint density at radius 1 is 1.36 bits per heavy atom. The van der Waals surface area contributed by atoms with E-state index in [4.69, 9.17) is 9.47 Å². The quantitative estimate of drug-likeness (QED) is 0.860. The van der Waals surface area contributed by atoms with E-state index < -0.39 is 0 Å². The van der Waals surface area contributed by atoms with Crippen LogP contribution in [0.2, 0.25) is 0 Å². The van der Waals surface area contributed by atoms with Crippen LogP contribution in [0.3, 0.4) is 0 Å². The van der Waals surface area contributed by atoms with Crippen molar-refractivity contribution < 1.29 is 14.3 Å². The van der Waals surface area contributed by atoms with Crippen LogP contribution in [0, 0.1) is 11.8 Å². The van der Waals surface area contributed by atoms with Crippen molar-refractivity contribution in [2.24, 2.45) is 11.8 Å². The third kappa shape index (κ3) is 4.15. The number of methoxy groups -OCH3 is 1. The maximum Gasteiger partial charge on any atom is 0.222 e. The molecular formula is C20H28N2O3. The minimum atomic E-state index is 0.114. The maximum absolute atomic E-state index is 12.1. The molecule has 136 valence electrons. The van der Waals surface area contributed by atoms with E-state index in [0.29, 0.717) is 24.3 Å². The van der Waals surface area contributed by atoms with Gasteiger partial charge >= 0.3 is 0 Å². The van der Waals surface area contributed by atoms with Crippen molar-refractivity contribution in [1.29, 1.82) is 0 Å². The van der Waals surface area contributed by atoms with Crippen molar-refractivity contribution >= 4 is 5.91 Å². The molecule has 1 N–H and O–H groups in total. The molecule has 3 atom stereocenters. The number of hydrogen-bond acceptors (Lipinski definition) is 4. The number of nitrogens with zero attached hydrogens (tertiary/aromatic N) is 1. The van der Waals surface area contributed by atoms with Crippen LogP contribution in [0.1, 0.15) is 31.2 Å². The smallest absolute Gasteiger partial charge is 0.222 e. The Labute approximate surface area is 149 Å². The van der Waals surface area contributed by atoms with Gasteiger partial charge in [-0.15, -0.1) is 0 Å². The topological polar surface area (TPSA) is 50.8 Å². The Morgan fingerprint density at radius 3 is 3.04 bits per heavy atom. The van der Waals surface area contributed by atoms with Crippen LogP contribution in [0.4, 0.5) is 0 Å². The van der Waals surface area contributed by atoms with Gasteiger partial charge in [0.25, 0.3) is 0 Å². The number of fused-ring (bicyclic) bond motifs is 1. The fourth-order valence-electron chi connectivity index (χ4n) is 4.24. The van der Waals surface area contributed by atoms with Crippen LogP contribution >= 0.6 is 0 Å². The predicted molar refractivity (Wildman–Crippen MR) is 95.4 cm³/mol. The van der Waals surface area contributed by atoms with Crippen molar-refractivity contribution in [3.8, 4) is 5.75 Å². The summed E-state index contributed by atoms with van der Waals surface area (Å²) in [6.45, 7) is 3.87. The predicted octanol–water partition coefficient (Wildman–Crippen LogP) is 2.20. The van der Waals surface area contributed by atoms with Crippen molar-refractivity contribution in [3.63, 3.8) is 0 Å². The lowest BCUT2D eigenvalue weighted by Crippen LogP contribution is -2.42. The summed E-state index contributed by atoms with van der Waals surface area (Å²) in [6.07, 6.45) is 4.05. The molecule has 2 saturated heterocycles. The van der Waals surface area contributed by atoms with E-state index in [9.17, 15) is 4.79 Å². The zero-order valence-electron chi connectivity index (χ0n) is 14.9. The summed E-state index contributed by atoms with van der Waals surface area (Å²) in [6, 6.07) is 8.74. The van der Waals surface area contributed by atoms with Crippen LogP contribution in [0.15, 0.2) is 24.3 Å². The van der Waals surface area contributed by atoms with Gasteiger partial charge in [0.15, 0.2) is 0 Å². The summed E-state index contributed by atoms with van der Waals surface area (Å²) in [4.78, 5) is 14.6. The number of ether oxygens (including phenoxy) is 2. The second-order valence-electron chi connectivity index (χ2n) is 7.72. The van der Waals surface area contributed by atoms with Crippen LogP contribution in [0.5, 0.6) is 5.75 Å². The monoisotopic (exact) mass is 344 g/mol. The minimum absolute atomic E-state index is 0.114. The number of carbonyl (C=O) groups excluding carboxylic acids is 1. The third-order valence-electron chi connectivity index (χ3n) is 5.75. The molecule has 2 heterocycles. The molecule has 5 heteroatoms. The summed E-state index contributed by atoms with van der Waals surface area (Å²) in [7, 11) is 1.71. The summed E-state index contributed by atoms with van der Waals surface area (Å²) in [5.41, 5.74) is 1.29. The largest absolute Gasteiger partial charge is 0.497 e. The van der Waals surface area contributed by atoms with E-state index in [0.717, 1.165) is 51.3 Å². The highest BCUT2D eigenvalue weighted by Crippen LogP contribution is 2.36. The van der Waals surface area contributed by atoms with Gasteiger partial charge in [-0.3, -0.25) is 9.69 Å². The molecule has 1 aliphatic carbocycles. The van der Waals surface area contributed by atoms with Gasteiger partial charge in [0.2, 0.25) is 5.91 Å². The van der Waals surface area contributed by atoms with Crippen molar-refractivity contribution in [3.05, 3.63) is 29.8 Å². The maximum atomic E-state index is 12.1. The molecule has 0 bridgehead atoms. The van der Waals surface area contributed by atoms with E-state index in [-0.39, 0.29) is 12.0 Å². The molecule has 1 aromatic carbocycles. The van der Waals surface area contributed by atoms with Crippen LogP contribution < -0.4 is 10.1 Å². The van der Waals surface area contributed by atoms with Gasteiger partial charge in [-0.25, -0.2) is 0 Å². The molecule has 1 aromatic rings. The average Bonchev–Trinajstić information content (AvgIpc) is 3.34. The van der Waals surface area contributed by atoms with E-state index >= 15 is 0 Å². The molecule has 0 radical (unpaired) electrons. The number of amides is 1. The number of benzene rings is 1. The van der Waals surface area contributed by atoms with Crippen LogP contribution in [0.25, 0.3) is 0 Å². The molecule has 0 unspecified atom stereocenters. The van der Waals surface area contributed by atoms with Gasteiger partial charge in [0.05, 0.1) is 26.2 Å². The Balaban J connectivity index is 1.29. The second-order valence-corrected chi connectivity index (χ2v) is 7.72. The first-order valence-electron chi connectivity index (χ1n) is 9.47. The Kier molecular flexibility index (Phi) is 4.95. The number of hydrogen-bond donors (Lipinski definition) is 1. The van der Waals surface area contributed by atoms with Gasteiger partial charge < -0.3 is 14.8 Å². The molecule has 25 heavy (non-hydrogen) atoms. The van der Waals surface area contributed by atoms with Gasteiger partial charge in [-0.2, -0.15) is 0 Å². The highest BCUT2D eigenvalue weighted by Gasteiger charge is 2.41. The molecular weight excluding hydrogens is 316 g/mol. The molecule has 3 fully saturated rings. The molecule has 2 aliphatic heterocycles. The molecule has 1 saturated carbocycles. The van der Waals surface area contributed by atoms with E-state index in [1.807, 2.05) is 12.1 Å². The third-order valence-corrected chi connectivity index (χ3v) is 5.75. The first-order chi connectivity index (χ1) is 12.2. The lowest BCUT2D eigenvalue weighted by atomic mass is 9.83. The molecule has 4 rings (SSSR count). The first-order valence-corrected chi connectivity index (χ1v) is 9.47. The summed E-state index contributed by atoms with van der Waals surface area (Å²) >= 11 is 0. The van der Waals surface area contributed by atoms with Crippen LogP contribution in [-0.4, -0.2) is 49.8 Å². The standard InChI is InChI=1S/C20H28N2O3/c1-24-17-4-2-3-14(9-17)11-22-8-7-18-15(12-22)13-25-19(18)10-20(23)21-16-5-6-16/h2-4,9,15-16,18-19H,5-8,10-13H2,1H3,(H,21,23)/t15-,18-,19-/m1/s1. The summed E-state index contributed by atoms with van der Waals surface area (Å²) < 4.78 is 11.3. The Bertz CT molecular complexity index is 617. The Hall–Kier alpha value is -1.59. The minimum Gasteiger partial charge on any atom is -0.497 e. The van der Waals surface area contributed by atoms with E-state index in [2.05, 4.69) is 22.3 Å². The molecule has 0 spiro atoms. The molecule has 1 amide bonds. The number of piperidine rings is 1. The second kappa shape index (κ2) is 7.34. The van der Waals surface area contributed by atoms with Gasteiger partial charge in [0.1, 0.15) is 5.75 Å². The zero-order chi connectivity index (χ0) is 17.2. The van der Waals surface area contributed by atoms with Crippen molar-refractivity contribution in [2.75, 3.05) is 26.8 Å². The van der Waals surface area contributed by atoms with Gasteiger partial charge in [-0.1, -0.05) is 12.1 Å². The molecule has 3 aliphatic rings. The number of carbonyl (C=O) groups is 1. The molecule has 5 nitrogen and oxygen atoms in total. The fourth-order valence-corrected chi connectivity index (χ4v) is 4.24. The summed E-state index contributed by atoms with van der Waals surface area (Å²) in [5.74, 6) is 2.18.